The summed E-state index contributed by atoms with van der Waals surface area (Å²) in [5, 5.41) is 2.74. The first-order valence-corrected chi connectivity index (χ1v) is 8.16. The largest absolute Gasteiger partial charge is 0.398 e. The summed E-state index contributed by atoms with van der Waals surface area (Å²) in [6, 6.07) is 3.94. The molecule has 0 spiro atoms. The Kier molecular flexibility index (Phi) is 4.87. The summed E-state index contributed by atoms with van der Waals surface area (Å²) in [7, 11) is -8.36. The monoisotopic (exact) mass is 310 g/mol. The van der Waals surface area contributed by atoms with E-state index in [0.717, 1.165) is 6.07 Å². The molecule has 10 heteroatoms. The van der Waals surface area contributed by atoms with Gasteiger partial charge in [0.15, 0.2) is 0 Å². The van der Waals surface area contributed by atoms with Crippen molar-refractivity contribution in [3.63, 3.8) is 0 Å². The van der Waals surface area contributed by atoms with E-state index in [0.29, 0.717) is 5.56 Å². The second-order valence-corrected chi connectivity index (χ2v) is 6.77. The lowest BCUT2D eigenvalue weighted by molar-refractivity contribution is 0.479. The normalized spacial score (nSPS) is 12.5. The number of rotatable bonds is 6. The van der Waals surface area contributed by atoms with E-state index < -0.39 is 26.0 Å². The van der Waals surface area contributed by atoms with Crippen molar-refractivity contribution in [3.05, 3.63) is 23.8 Å². The van der Waals surface area contributed by atoms with Crippen molar-refractivity contribution in [2.75, 3.05) is 18.0 Å². The van der Waals surface area contributed by atoms with Crippen LogP contribution in [-0.4, -0.2) is 38.2 Å². The molecule has 0 amide bonds. The zero-order valence-corrected chi connectivity index (χ0v) is 11.4. The minimum absolute atomic E-state index is 0.0405. The van der Waals surface area contributed by atoms with E-state index in [1.165, 1.54) is 12.1 Å². The lowest BCUT2D eigenvalue weighted by Crippen LogP contribution is -2.22. The lowest BCUT2D eigenvalue weighted by Gasteiger charge is -2.07. The van der Waals surface area contributed by atoms with Crippen LogP contribution in [0.2, 0.25) is 0 Å². The van der Waals surface area contributed by atoms with Crippen LogP contribution in [0.25, 0.3) is 0 Å². The highest BCUT2D eigenvalue weighted by Gasteiger charge is 2.13. The molecule has 0 aliphatic rings. The smallest absolute Gasteiger partial charge is 0.296 e. The van der Waals surface area contributed by atoms with Crippen LogP contribution in [-0.2, 0) is 26.8 Å². The van der Waals surface area contributed by atoms with E-state index in [9.17, 15) is 16.8 Å². The van der Waals surface area contributed by atoms with Crippen LogP contribution < -0.4 is 11.1 Å². The van der Waals surface area contributed by atoms with Gasteiger partial charge in [-0.3, -0.25) is 9.11 Å². The van der Waals surface area contributed by atoms with Gasteiger partial charge in [0.25, 0.3) is 20.2 Å². The Morgan fingerprint density at radius 3 is 2.26 bits per heavy atom. The van der Waals surface area contributed by atoms with E-state index in [4.69, 9.17) is 14.8 Å². The molecule has 0 saturated carbocycles. The van der Waals surface area contributed by atoms with Crippen LogP contribution in [0.4, 0.5) is 5.69 Å². The van der Waals surface area contributed by atoms with E-state index in [1.807, 2.05) is 0 Å². The van der Waals surface area contributed by atoms with Crippen molar-refractivity contribution < 1.29 is 25.9 Å². The van der Waals surface area contributed by atoms with Gasteiger partial charge in [-0.15, -0.1) is 0 Å². The van der Waals surface area contributed by atoms with Crippen LogP contribution in [0.3, 0.4) is 0 Å². The first-order chi connectivity index (χ1) is 8.59. The highest BCUT2D eigenvalue weighted by Crippen LogP contribution is 2.19. The molecule has 0 atom stereocenters. The molecule has 5 N–H and O–H groups in total. The SMILES string of the molecule is Nc1cc(CNCCS(=O)(=O)O)ccc1S(=O)(=O)O. The molecular weight excluding hydrogens is 296 g/mol. The Bertz CT molecular complexity index is 653. The number of anilines is 1. The van der Waals surface area contributed by atoms with E-state index in [2.05, 4.69) is 5.32 Å². The third-order valence-electron chi connectivity index (χ3n) is 2.22. The van der Waals surface area contributed by atoms with Gasteiger partial charge in [-0.05, 0) is 17.7 Å². The fraction of sp³-hybridized carbons (Fsp3) is 0.333. The fourth-order valence-corrected chi connectivity index (χ4v) is 2.38. The quantitative estimate of drug-likeness (QED) is 0.312. The maximum atomic E-state index is 10.9. The van der Waals surface area contributed by atoms with Crippen molar-refractivity contribution in [1.29, 1.82) is 0 Å². The van der Waals surface area contributed by atoms with Crippen LogP contribution in [0.5, 0.6) is 0 Å². The minimum atomic E-state index is -4.35. The predicted molar refractivity (Wildman–Crippen MR) is 68.8 cm³/mol. The molecule has 108 valence electrons. The minimum Gasteiger partial charge on any atom is -0.398 e. The van der Waals surface area contributed by atoms with Gasteiger partial charge < -0.3 is 11.1 Å². The van der Waals surface area contributed by atoms with Crippen LogP contribution in [0.1, 0.15) is 5.56 Å². The van der Waals surface area contributed by atoms with Crippen molar-refractivity contribution in [2.24, 2.45) is 0 Å². The molecule has 0 aliphatic heterocycles. The second-order valence-electron chi connectivity index (χ2n) is 3.81. The van der Waals surface area contributed by atoms with Gasteiger partial charge in [0.2, 0.25) is 0 Å². The third-order valence-corrected chi connectivity index (χ3v) is 3.87. The van der Waals surface area contributed by atoms with Gasteiger partial charge >= 0.3 is 0 Å². The maximum Gasteiger partial charge on any atom is 0.296 e. The lowest BCUT2D eigenvalue weighted by atomic mass is 10.2. The number of hydrogen-bond acceptors (Lipinski definition) is 6. The summed E-state index contributed by atoms with van der Waals surface area (Å²) < 4.78 is 60.1. The Labute approximate surface area is 111 Å². The molecule has 0 saturated heterocycles. The number of hydrogen-bond donors (Lipinski definition) is 4. The molecule has 1 aromatic rings. The molecule has 0 bridgehead atoms. The number of nitrogens with one attached hydrogen (secondary N) is 1. The van der Waals surface area contributed by atoms with E-state index >= 15 is 0 Å². The zero-order chi connectivity index (χ0) is 14.7. The highest BCUT2D eigenvalue weighted by molar-refractivity contribution is 7.86. The van der Waals surface area contributed by atoms with Gasteiger partial charge in [0.1, 0.15) is 4.90 Å². The Morgan fingerprint density at radius 2 is 1.79 bits per heavy atom. The van der Waals surface area contributed by atoms with Crippen molar-refractivity contribution >= 4 is 25.9 Å². The van der Waals surface area contributed by atoms with E-state index in [-0.39, 0.29) is 23.7 Å². The molecular formula is C9H14N2O6S2. The molecule has 8 nitrogen and oxygen atoms in total. The highest BCUT2D eigenvalue weighted by atomic mass is 32.2. The molecule has 0 radical (unpaired) electrons. The van der Waals surface area contributed by atoms with E-state index in [1.54, 1.807) is 0 Å². The van der Waals surface area contributed by atoms with Crippen molar-refractivity contribution in [1.82, 2.24) is 5.32 Å². The molecule has 1 rings (SSSR count). The van der Waals surface area contributed by atoms with Crippen LogP contribution >= 0.6 is 0 Å². The van der Waals surface area contributed by atoms with Crippen LogP contribution in [0, 0.1) is 0 Å². The van der Waals surface area contributed by atoms with Gasteiger partial charge in [-0.25, -0.2) is 0 Å². The summed E-state index contributed by atoms with van der Waals surface area (Å²) >= 11 is 0. The Hall–Kier alpha value is -1.20. The number of nitrogen functional groups attached to an aromatic ring is 1. The summed E-state index contributed by atoms with van der Waals surface area (Å²) in [5.41, 5.74) is 5.99. The topological polar surface area (TPSA) is 147 Å². The fourth-order valence-electron chi connectivity index (χ4n) is 1.38. The summed E-state index contributed by atoms with van der Waals surface area (Å²) in [5.74, 6) is -0.425. The van der Waals surface area contributed by atoms with Crippen molar-refractivity contribution in [3.8, 4) is 0 Å². The van der Waals surface area contributed by atoms with Gasteiger partial charge in [0, 0.05) is 13.1 Å². The van der Waals surface area contributed by atoms with Gasteiger partial charge in [0.05, 0.1) is 11.4 Å². The molecule has 0 unspecified atom stereocenters. The molecule has 0 heterocycles. The van der Waals surface area contributed by atoms with Gasteiger partial charge in [-0.2, -0.15) is 16.8 Å². The molecule has 19 heavy (non-hydrogen) atoms. The molecule has 0 aliphatic carbocycles. The van der Waals surface area contributed by atoms with Gasteiger partial charge in [-0.1, -0.05) is 6.07 Å². The number of nitrogens with two attached hydrogens (primary N) is 1. The van der Waals surface area contributed by atoms with Crippen molar-refractivity contribution in [2.45, 2.75) is 11.4 Å². The predicted octanol–water partition coefficient (Wildman–Crippen LogP) is -0.507. The third kappa shape index (κ3) is 5.53. The number of benzene rings is 1. The average Bonchev–Trinajstić information content (AvgIpc) is 2.21. The van der Waals surface area contributed by atoms with Crippen LogP contribution in [0.15, 0.2) is 23.1 Å². The second kappa shape index (κ2) is 5.84. The molecule has 0 aromatic heterocycles. The maximum absolute atomic E-state index is 10.9. The summed E-state index contributed by atoms with van der Waals surface area (Å²) in [6.45, 7) is 0.282. The zero-order valence-electron chi connectivity index (χ0n) is 9.77. The summed E-state index contributed by atoms with van der Waals surface area (Å²) in [6.07, 6.45) is 0. The first kappa shape index (κ1) is 15.9. The Morgan fingerprint density at radius 1 is 1.16 bits per heavy atom. The molecule has 1 aromatic carbocycles. The standard InChI is InChI=1S/C9H14N2O6S2/c10-8-5-7(1-2-9(8)19(15,16)17)6-11-3-4-18(12,13)14/h1-2,5,11H,3-4,6,10H2,(H,12,13,14)(H,15,16,17). The molecule has 0 fully saturated rings. The Balaban J connectivity index is 2.65. The first-order valence-electron chi connectivity index (χ1n) is 5.11. The average molecular weight is 310 g/mol. The summed E-state index contributed by atoms with van der Waals surface area (Å²) in [4.78, 5) is -0.380.